The molecule has 0 aliphatic rings. The van der Waals surface area contributed by atoms with Gasteiger partial charge in [-0.3, -0.25) is 4.79 Å². The smallest absolute Gasteiger partial charge is 0.223 e. The molecule has 5 heteroatoms. The van der Waals surface area contributed by atoms with E-state index in [9.17, 15) is 4.79 Å². The van der Waals surface area contributed by atoms with Crippen LogP contribution >= 0.6 is 11.3 Å². The molecule has 1 aromatic carbocycles. The predicted octanol–water partition coefficient (Wildman–Crippen LogP) is 2.65. The highest BCUT2D eigenvalue weighted by molar-refractivity contribution is 7.22. The molecule has 0 unspecified atom stereocenters. The number of hydrogen-bond acceptors (Lipinski definition) is 4. The second-order valence-electron chi connectivity index (χ2n) is 3.24. The van der Waals surface area contributed by atoms with E-state index in [2.05, 4.69) is 10.3 Å². The Kier molecular flexibility index (Phi) is 3.05. The zero-order chi connectivity index (χ0) is 11.5. The number of benzene rings is 1. The lowest BCUT2D eigenvalue weighted by Crippen LogP contribution is -2.04. The fourth-order valence-corrected chi connectivity index (χ4v) is 2.33. The van der Waals surface area contributed by atoms with Crippen LogP contribution in [0, 0.1) is 0 Å². The number of rotatable bonds is 3. The highest BCUT2D eigenvalue weighted by atomic mass is 32.1. The number of hydrogen-bond donors (Lipinski definition) is 1. The zero-order valence-electron chi connectivity index (χ0n) is 9.11. The molecule has 1 N–H and O–H groups in total. The number of carbonyl (C=O) groups is 1. The minimum atomic E-state index is -0.114. The number of aromatic nitrogens is 1. The molecule has 84 valence electrons. The Morgan fingerprint density at radius 3 is 3.06 bits per heavy atom. The van der Waals surface area contributed by atoms with E-state index in [-0.39, 0.29) is 5.91 Å². The maximum Gasteiger partial charge on any atom is 0.223 e. The van der Waals surface area contributed by atoms with Crippen LogP contribution in [0.25, 0.3) is 10.2 Å². The number of fused-ring (bicyclic) bond motifs is 1. The van der Waals surface area contributed by atoms with E-state index in [0.29, 0.717) is 11.7 Å². The van der Waals surface area contributed by atoms with Crippen LogP contribution in [0.4, 0.5) is 5.13 Å². The number of anilines is 1. The fraction of sp³-hybridized carbons (Fsp3) is 0.273. The van der Waals surface area contributed by atoms with Crippen LogP contribution in [0.15, 0.2) is 18.2 Å². The van der Waals surface area contributed by atoms with Crippen molar-refractivity contribution >= 4 is 32.6 Å². The molecule has 16 heavy (non-hydrogen) atoms. The Hall–Kier alpha value is -1.62. The van der Waals surface area contributed by atoms with Crippen molar-refractivity contribution in [2.45, 2.75) is 13.8 Å². The van der Waals surface area contributed by atoms with Gasteiger partial charge in [0.2, 0.25) is 5.91 Å². The molecule has 1 amide bonds. The molecule has 0 saturated heterocycles. The topological polar surface area (TPSA) is 51.2 Å². The first kappa shape index (κ1) is 10.9. The summed E-state index contributed by atoms with van der Waals surface area (Å²) < 4.78 is 6.48. The lowest BCUT2D eigenvalue weighted by Gasteiger charge is -2.01. The third-order valence-electron chi connectivity index (χ3n) is 1.96. The summed E-state index contributed by atoms with van der Waals surface area (Å²) in [5.41, 5.74) is 0.804. The van der Waals surface area contributed by atoms with Crippen LogP contribution in [0.3, 0.4) is 0 Å². The van der Waals surface area contributed by atoms with Crippen molar-refractivity contribution in [2.24, 2.45) is 0 Å². The number of para-hydroxylation sites is 1. The van der Waals surface area contributed by atoms with Gasteiger partial charge in [0.15, 0.2) is 5.13 Å². The third kappa shape index (κ3) is 2.14. The average Bonchev–Trinajstić information content (AvgIpc) is 2.60. The number of ether oxygens (including phenoxy) is 1. The van der Waals surface area contributed by atoms with Crippen molar-refractivity contribution in [2.75, 3.05) is 11.9 Å². The van der Waals surface area contributed by atoms with Gasteiger partial charge in [-0.1, -0.05) is 17.4 Å². The second kappa shape index (κ2) is 4.49. The summed E-state index contributed by atoms with van der Waals surface area (Å²) in [5.74, 6) is 0.643. The minimum absolute atomic E-state index is 0.114. The van der Waals surface area contributed by atoms with Gasteiger partial charge >= 0.3 is 0 Å². The molecular formula is C11H12N2O2S. The third-order valence-corrected chi connectivity index (χ3v) is 2.90. The Labute approximate surface area is 97.3 Å². The number of carbonyl (C=O) groups excluding carboxylic acids is 1. The average molecular weight is 236 g/mol. The van der Waals surface area contributed by atoms with Crippen LogP contribution in [0.2, 0.25) is 0 Å². The van der Waals surface area contributed by atoms with Crippen LogP contribution in [0.5, 0.6) is 5.75 Å². The van der Waals surface area contributed by atoms with Gasteiger partial charge in [0.05, 0.1) is 11.3 Å². The quantitative estimate of drug-likeness (QED) is 0.891. The molecule has 2 aromatic rings. The monoisotopic (exact) mass is 236 g/mol. The SMILES string of the molecule is CCOc1cccc2sc(NC(C)=O)nc12. The summed E-state index contributed by atoms with van der Waals surface area (Å²) in [5, 5.41) is 3.28. The van der Waals surface area contributed by atoms with Crippen molar-refractivity contribution in [3.8, 4) is 5.75 Å². The van der Waals surface area contributed by atoms with Crippen LogP contribution in [-0.4, -0.2) is 17.5 Å². The molecule has 1 aromatic heterocycles. The Bertz CT molecular complexity index is 522. The molecular weight excluding hydrogens is 224 g/mol. The van der Waals surface area contributed by atoms with Crippen molar-refractivity contribution in [3.63, 3.8) is 0 Å². The molecule has 0 spiro atoms. The van der Waals surface area contributed by atoms with Crippen LogP contribution < -0.4 is 10.1 Å². The summed E-state index contributed by atoms with van der Waals surface area (Å²) in [6.45, 7) is 4.00. The van der Waals surface area contributed by atoms with E-state index in [1.165, 1.54) is 18.3 Å². The molecule has 2 rings (SSSR count). The van der Waals surface area contributed by atoms with Crippen molar-refractivity contribution in [1.82, 2.24) is 4.98 Å². The number of nitrogens with one attached hydrogen (secondary N) is 1. The molecule has 0 aliphatic heterocycles. The molecule has 0 bridgehead atoms. The van der Waals surface area contributed by atoms with E-state index < -0.39 is 0 Å². The van der Waals surface area contributed by atoms with E-state index in [0.717, 1.165) is 16.0 Å². The van der Waals surface area contributed by atoms with Gasteiger partial charge in [-0.05, 0) is 19.1 Å². The van der Waals surface area contributed by atoms with Gasteiger partial charge in [-0.2, -0.15) is 0 Å². The largest absolute Gasteiger partial charge is 0.492 e. The summed E-state index contributed by atoms with van der Waals surface area (Å²) in [6.07, 6.45) is 0. The first-order valence-corrected chi connectivity index (χ1v) is 5.82. The maximum absolute atomic E-state index is 10.9. The standard InChI is InChI=1S/C11H12N2O2S/c1-3-15-8-5-4-6-9-10(8)13-11(16-9)12-7(2)14/h4-6H,3H2,1-2H3,(H,12,13,14). The molecule has 0 aliphatic carbocycles. The normalized spacial score (nSPS) is 10.4. The van der Waals surface area contributed by atoms with Crippen molar-refractivity contribution in [3.05, 3.63) is 18.2 Å². The second-order valence-corrected chi connectivity index (χ2v) is 4.27. The summed E-state index contributed by atoms with van der Waals surface area (Å²) in [6, 6.07) is 5.76. The summed E-state index contributed by atoms with van der Waals surface area (Å²) in [7, 11) is 0. The molecule has 1 heterocycles. The molecule has 0 radical (unpaired) electrons. The van der Waals surface area contributed by atoms with Gasteiger partial charge in [-0.25, -0.2) is 4.98 Å². The lowest BCUT2D eigenvalue weighted by molar-refractivity contribution is -0.114. The van der Waals surface area contributed by atoms with Crippen LogP contribution in [-0.2, 0) is 4.79 Å². The molecule has 4 nitrogen and oxygen atoms in total. The van der Waals surface area contributed by atoms with Crippen molar-refractivity contribution in [1.29, 1.82) is 0 Å². The van der Waals surface area contributed by atoms with Gasteiger partial charge in [0.25, 0.3) is 0 Å². The molecule has 0 atom stereocenters. The predicted molar refractivity (Wildman–Crippen MR) is 65.1 cm³/mol. The van der Waals surface area contributed by atoms with Crippen LogP contribution in [0.1, 0.15) is 13.8 Å². The summed E-state index contributed by atoms with van der Waals surface area (Å²) >= 11 is 1.44. The van der Waals surface area contributed by atoms with E-state index >= 15 is 0 Å². The zero-order valence-corrected chi connectivity index (χ0v) is 9.93. The number of thiazole rings is 1. The minimum Gasteiger partial charge on any atom is -0.492 e. The summed E-state index contributed by atoms with van der Waals surface area (Å²) in [4.78, 5) is 15.3. The molecule has 0 saturated carbocycles. The van der Waals surface area contributed by atoms with Gasteiger partial charge in [0, 0.05) is 6.92 Å². The maximum atomic E-state index is 10.9. The Morgan fingerprint density at radius 2 is 2.38 bits per heavy atom. The molecule has 0 fully saturated rings. The Balaban J connectivity index is 2.43. The highest BCUT2D eigenvalue weighted by Gasteiger charge is 2.09. The number of amides is 1. The highest BCUT2D eigenvalue weighted by Crippen LogP contribution is 2.32. The Morgan fingerprint density at radius 1 is 1.56 bits per heavy atom. The van der Waals surface area contributed by atoms with E-state index in [4.69, 9.17) is 4.74 Å². The van der Waals surface area contributed by atoms with E-state index in [1.54, 1.807) is 0 Å². The first-order valence-electron chi connectivity index (χ1n) is 5.00. The lowest BCUT2D eigenvalue weighted by atomic mass is 10.3. The first-order chi connectivity index (χ1) is 7.70. The van der Waals surface area contributed by atoms with E-state index in [1.807, 2.05) is 25.1 Å². The van der Waals surface area contributed by atoms with Gasteiger partial charge < -0.3 is 10.1 Å². The van der Waals surface area contributed by atoms with Gasteiger partial charge in [0.1, 0.15) is 11.3 Å². The fourth-order valence-electron chi connectivity index (χ4n) is 1.40. The van der Waals surface area contributed by atoms with Crippen molar-refractivity contribution < 1.29 is 9.53 Å². The number of nitrogens with zero attached hydrogens (tertiary/aromatic N) is 1. The van der Waals surface area contributed by atoms with Gasteiger partial charge in [-0.15, -0.1) is 0 Å².